The molecule has 0 aliphatic carbocycles. The molecule has 0 unspecified atom stereocenters. The van der Waals surface area contributed by atoms with E-state index in [0.29, 0.717) is 44.8 Å². The van der Waals surface area contributed by atoms with Crippen LogP contribution >= 0.6 is 0 Å². The lowest BCUT2D eigenvalue weighted by Gasteiger charge is -2.32. The van der Waals surface area contributed by atoms with E-state index in [1.807, 2.05) is 12.1 Å². The van der Waals surface area contributed by atoms with Crippen molar-refractivity contribution in [1.82, 2.24) is 10.2 Å². The molecule has 0 spiro atoms. The number of nitrogens with one attached hydrogen (secondary N) is 1. The molecule has 1 saturated heterocycles. The van der Waals surface area contributed by atoms with Crippen LogP contribution in [0.3, 0.4) is 0 Å². The zero-order valence-corrected chi connectivity index (χ0v) is 12.9. The van der Waals surface area contributed by atoms with Gasteiger partial charge in [-0.15, -0.1) is 0 Å². The highest BCUT2D eigenvalue weighted by Gasteiger charge is 2.34. The molecule has 5 nitrogen and oxygen atoms in total. The van der Waals surface area contributed by atoms with Gasteiger partial charge in [0.2, 0.25) is 0 Å². The van der Waals surface area contributed by atoms with Gasteiger partial charge in [0, 0.05) is 19.5 Å². The summed E-state index contributed by atoms with van der Waals surface area (Å²) in [6, 6.07) is 7.35. The molecular weight excluding hydrogens is 306 g/mol. The van der Waals surface area contributed by atoms with Gasteiger partial charge in [0.25, 0.3) is 5.92 Å². The van der Waals surface area contributed by atoms with Crippen LogP contribution in [-0.2, 0) is 6.42 Å². The van der Waals surface area contributed by atoms with Crippen LogP contribution in [0.2, 0.25) is 0 Å². The Hall–Kier alpha value is -1.89. The van der Waals surface area contributed by atoms with Gasteiger partial charge >= 0.3 is 6.09 Å². The molecule has 7 heteroatoms. The maximum atomic E-state index is 13.3. The Morgan fingerprint density at radius 2 is 2.09 bits per heavy atom. The molecule has 2 rings (SSSR count). The number of carboxylic acid groups (broad SMARTS) is 1. The van der Waals surface area contributed by atoms with Gasteiger partial charge in [-0.25, -0.2) is 13.6 Å². The average molecular weight is 328 g/mol. The van der Waals surface area contributed by atoms with E-state index >= 15 is 0 Å². The number of likely N-dealkylation sites (tertiary alicyclic amines) is 1. The van der Waals surface area contributed by atoms with Crippen LogP contribution in [0.15, 0.2) is 24.3 Å². The number of benzene rings is 1. The maximum absolute atomic E-state index is 13.3. The minimum atomic E-state index is -2.58. The Labute approximate surface area is 134 Å². The third-order valence-electron chi connectivity index (χ3n) is 3.76. The molecule has 1 amide bonds. The van der Waals surface area contributed by atoms with Crippen molar-refractivity contribution in [1.29, 1.82) is 0 Å². The van der Waals surface area contributed by atoms with Crippen LogP contribution in [0.4, 0.5) is 13.6 Å². The highest BCUT2D eigenvalue weighted by molar-refractivity contribution is 5.64. The van der Waals surface area contributed by atoms with Crippen molar-refractivity contribution in [2.24, 2.45) is 0 Å². The lowest BCUT2D eigenvalue weighted by atomic mass is 10.1. The Morgan fingerprint density at radius 1 is 1.35 bits per heavy atom. The number of carbonyl (C=O) groups is 1. The van der Waals surface area contributed by atoms with E-state index in [2.05, 4.69) is 5.32 Å². The van der Waals surface area contributed by atoms with Crippen molar-refractivity contribution in [3.63, 3.8) is 0 Å². The van der Waals surface area contributed by atoms with Gasteiger partial charge in [0.1, 0.15) is 12.4 Å². The van der Waals surface area contributed by atoms with E-state index in [9.17, 15) is 13.6 Å². The van der Waals surface area contributed by atoms with Crippen molar-refractivity contribution in [3.8, 4) is 5.75 Å². The number of alkyl halides is 2. The zero-order valence-electron chi connectivity index (χ0n) is 12.9. The predicted octanol–water partition coefficient (Wildman–Crippen LogP) is 2.61. The quantitative estimate of drug-likeness (QED) is 0.808. The van der Waals surface area contributed by atoms with Crippen molar-refractivity contribution in [3.05, 3.63) is 29.8 Å². The van der Waals surface area contributed by atoms with Crippen molar-refractivity contribution in [2.75, 3.05) is 32.8 Å². The van der Waals surface area contributed by atoms with Gasteiger partial charge in [0.05, 0.1) is 6.54 Å². The second kappa shape index (κ2) is 8.10. The summed E-state index contributed by atoms with van der Waals surface area (Å²) >= 11 is 0. The summed E-state index contributed by atoms with van der Waals surface area (Å²) < 4.78 is 32.1. The molecule has 2 N–H and O–H groups in total. The summed E-state index contributed by atoms with van der Waals surface area (Å²) in [5.74, 6) is -1.90. The Balaban J connectivity index is 1.68. The summed E-state index contributed by atoms with van der Waals surface area (Å²) in [6.07, 6.45) is 0.0672. The van der Waals surface area contributed by atoms with Gasteiger partial charge in [-0.2, -0.15) is 0 Å². The van der Waals surface area contributed by atoms with Crippen molar-refractivity contribution in [2.45, 2.75) is 25.2 Å². The normalized spacial score (nSPS) is 17.7. The number of nitrogens with zero attached hydrogens (tertiary/aromatic N) is 1. The SMILES string of the molecule is O=C(O)NCCc1ccc(OCCN2CCCC(F)(F)C2)cc1. The molecule has 1 aromatic rings. The molecule has 0 atom stereocenters. The first-order valence-corrected chi connectivity index (χ1v) is 7.73. The molecule has 128 valence electrons. The van der Waals surface area contributed by atoms with Crippen LogP contribution < -0.4 is 10.1 Å². The minimum Gasteiger partial charge on any atom is -0.492 e. The smallest absolute Gasteiger partial charge is 0.404 e. The van der Waals surface area contributed by atoms with E-state index in [-0.39, 0.29) is 13.0 Å². The maximum Gasteiger partial charge on any atom is 0.404 e. The van der Waals surface area contributed by atoms with Crippen LogP contribution in [0.25, 0.3) is 0 Å². The molecule has 0 radical (unpaired) electrons. The Morgan fingerprint density at radius 3 is 2.74 bits per heavy atom. The number of halogens is 2. The zero-order chi connectivity index (χ0) is 16.7. The average Bonchev–Trinajstić information content (AvgIpc) is 2.47. The topological polar surface area (TPSA) is 61.8 Å². The van der Waals surface area contributed by atoms with Crippen LogP contribution in [0.1, 0.15) is 18.4 Å². The Kier molecular flexibility index (Phi) is 6.15. The summed E-state index contributed by atoms with van der Waals surface area (Å²) in [4.78, 5) is 12.1. The summed E-state index contributed by atoms with van der Waals surface area (Å²) in [5.41, 5.74) is 1.00. The second-order valence-corrected chi connectivity index (χ2v) is 5.71. The summed E-state index contributed by atoms with van der Waals surface area (Å²) in [7, 11) is 0. The number of piperidine rings is 1. The first-order chi connectivity index (χ1) is 10.9. The Bertz CT molecular complexity index is 509. The lowest BCUT2D eigenvalue weighted by Crippen LogP contribution is -2.44. The molecular formula is C16H22F2N2O3. The minimum absolute atomic E-state index is 0.0252. The summed E-state index contributed by atoms with van der Waals surface area (Å²) in [5, 5.41) is 10.8. The first kappa shape index (κ1) is 17.5. The van der Waals surface area contributed by atoms with Gasteiger partial charge in [-0.05, 0) is 37.1 Å². The molecule has 0 saturated carbocycles. The number of hydrogen-bond acceptors (Lipinski definition) is 3. The number of ether oxygens (including phenoxy) is 1. The third-order valence-corrected chi connectivity index (χ3v) is 3.76. The fourth-order valence-corrected chi connectivity index (χ4v) is 2.60. The fourth-order valence-electron chi connectivity index (χ4n) is 2.60. The van der Waals surface area contributed by atoms with Crippen molar-refractivity contribution >= 4 is 6.09 Å². The van der Waals surface area contributed by atoms with E-state index in [4.69, 9.17) is 9.84 Å². The number of amides is 1. The van der Waals surface area contributed by atoms with Gasteiger partial charge < -0.3 is 15.2 Å². The predicted molar refractivity (Wildman–Crippen MR) is 82.3 cm³/mol. The molecule has 23 heavy (non-hydrogen) atoms. The van der Waals surface area contributed by atoms with Crippen molar-refractivity contribution < 1.29 is 23.4 Å². The third kappa shape index (κ3) is 6.40. The summed E-state index contributed by atoms with van der Waals surface area (Å²) in [6.45, 7) is 1.72. The van der Waals surface area contributed by atoms with Crippen LogP contribution in [-0.4, -0.2) is 54.8 Å². The number of rotatable bonds is 7. The van der Waals surface area contributed by atoms with E-state index < -0.39 is 12.0 Å². The highest BCUT2D eigenvalue weighted by atomic mass is 19.3. The lowest BCUT2D eigenvalue weighted by molar-refractivity contribution is -0.0656. The molecule has 1 fully saturated rings. The first-order valence-electron chi connectivity index (χ1n) is 7.73. The van der Waals surface area contributed by atoms with Crippen LogP contribution in [0, 0.1) is 0 Å². The van der Waals surface area contributed by atoms with Gasteiger partial charge in [-0.1, -0.05) is 12.1 Å². The van der Waals surface area contributed by atoms with E-state index in [1.165, 1.54) is 0 Å². The highest BCUT2D eigenvalue weighted by Crippen LogP contribution is 2.26. The second-order valence-electron chi connectivity index (χ2n) is 5.71. The molecule has 1 aliphatic heterocycles. The molecule has 1 aromatic carbocycles. The largest absolute Gasteiger partial charge is 0.492 e. The number of hydrogen-bond donors (Lipinski definition) is 2. The standard InChI is InChI=1S/C16H22F2N2O3/c17-16(18)7-1-9-20(12-16)10-11-23-14-4-2-13(3-5-14)6-8-19-15(21)22/h2-5,19H,1,6-12H2,(H,21,22). The van der Waals surface area contributed by atoms with Crippen LogP contribution in [0.5, 0.6) is 5.75 Å². The monoisotopic (exact) mass is 328 g/mol. The fraction of sp³-hybridized carbons (Fsp3) is 0.562. The van der Waals surface area contributed by atoms with Gasteiger partial charge in [-0.3, -0.25) is 4.90 Å². The molecule has 0 bridgehead atoms. The van der Waals surface area contributed by atoms with Gasteiger partial charge in [0.15, 0.2) is 0 Å². The van der Waals surface area contributed by atoms with E-state index in [0.717, 1.165) is 5.56 Å². The molecule has 1 aliphatic rings. The molecule has 0 aromatic heterocycles. The van der Waals surface area contributed by atoms with E-state index in [1.54, 1.807) is 17.0 Å². The molecule has 1 heterocycles.